The fourth-order valence-corrected chi connectivity index (χ4v) is 3.66. The van der Waals surface area contributed by atoms with Crippen LogP contribution in [0.4, 0.5) is 0 Å². The number of carbonyl (C=O) groups is 1. The molecule has 5 nitrogen and oxygen atoms in total. The normalized spacial score (nSPS) is 15.8. The monoisotopic (exact) mass is 381 g/mol. The molecule has 1 fully saturated rings. The largest absolute Gasteiger partial charge is 0.361 e. The van der Waals surface area contributed by atoms with Gasteiger partial charge in [0.15, 0.2) is 0 Å². The molecule has 0 bridgehead atoms. The third kappa shape index (κ3) is 4.35. The number of carbonyl (C=O) groups excluding carboxylic acids is 1. The maximum atomic E-state index is 12.5. The fraction of sp³-hybridized carbons (Fsp3) is 0.444. The lowest BCUT2D eigenvalue weighted by atomic mass is 10.0. The van der Waals surface area contributed by atoms with Crippen molar-refractivity contribution in [1.82, 2.24) is 15.6 Å². The molecule has 2 heterocycles. The van der Waals surface area contributed by atoms with E-state index in [-0.39, 0.29) is 12.3 Å². The minimum absolute atomic E-state index is 0.0855. The second-order valence-electron chi connectivity index (χ2n) is 6.28. The predicted molar refractivity (Wildman–Crippen MR) is 98.6 cm³/mol. The van der Waals surface area contributed by atoms with Crippen LogP contribution in [-0.2, 0) is 11.2 Å². The summed E-state index contributed by atoms with van der Waals surface area (Å²) in [6.07, 6.45) is 4.81. The van der Waals surface area contributed by atoms with E-state index in [2.05, 4.69) is 10.6 Å². The zero-order chi connectivity index (χ0) is 17.8. The number of benzene rings is 1. The topological polar surface area (TPSA) is 58.4 Å². The summed E-state index contributed by atoms with van der Waals surface area (Å²) < 4.78 is 5.31. The number of nitrogens with one attached hydrogen (secondary N) is 1. The number of amides is 1. The molecule has 1 aliphatic heterocycles. The zero-order valence-corrected chi connectivity index (χ0v) is 15.7. The Morgan fingerprint density at radius 3 is 2.48 bits per heavy atom. The summed E-state index contributed by atoms with van der Waals surface area (Å²) in [4.78, 5) is 12.5. The van der Waals surface area contributed by atoms with E-state index in [9.17, 15) is 4.79 Å². The molecular formula is C18H21Cl2N3O2. The smallest absolute Gasteiger partial charge is 0.238 e. The summed E-state index contributed by atoms with van der Waals surface area (Å²) in [7, 11) is 0. The second kappa shape index (κ2) is 8.21. The SMILES string of the molecule is Cc1onc(-c2c(Cl)cccc2Cl)c1CC(=O)NN1CCCCCC1. The summed E-state index contributed by atoms with van der Waals surface area (Å²) in [5.41, 5.74) is 4.83. The molecule has 1 aromatic heterocycles. The van der Waals surface area contributed by atoms with Crippen LogP contribution in [-0.4, -0.2) is 29.2 Å². The third-order valence-electron chi connectivity index (χ3n) is 4.41. The predicted octanol–water partition coefficient (Wildman–Crippen LogP) is 4.41. The number of halogens is 2. The van der Waals surface area contributed by atoms with Gasteiger partial charge in [0.25, 0.3) is 0 Å². The first-order valence-corrected chi connectivity index (χ1v) is 9.26. The average molecular weight is 382 g/mol. The molecule has 1 aliphatic rings. The third-order valence-corrected chi connectivity index (χ3v) is 5.04. The highest BCUT2D eigenvalue weighted by molar-refractivity contribution is 6.39. The van der Waals surface area contributed by atoms with E-state index in [1.807, 2.05) is 5.01 Å². The highest BCUT2D eigenvalue weighted by Crippen LogP contribution is 2.36. The lowest BCUT2D eigenvalue weighted by Crippen LogP contribution is -2.43. The minimum Gasteiger partial charge on any atom is -0.361 e. The molecule has 134 valence electrons. The van der Waals surface area contributed by atoms with E-state index in [1.165, 1.54) is 12.8 Å². The number of nitrogens with zero attached hydrogens (tertiary/aromatic N) is 2. The Morgan fingerprint density at radius 1 is 1.20 bits per heavy atom. The Bertz CT molecular complexity index is 733. The highest BCUT2D eigenvalue weighted by atomic mass is 35.5. The average Bonchev–Trinajstić information content (AvgIpc) is 2.76. The lowest BCUT2D eigenvalue weighted by Gasteiger charge is -2.20. The molecule has 2 aromatic rings. The van der Waals surface area contributed by atoms with Gasteiger partial charge in [0, 0.05) is 24.2 Å². The molecule has 0 spiro atoms. The summed E-state index contributed by atoms with van der Waals surface area (Å²) >= 11 is 12.6. The minimum atomic E-state index is -0.0855. The van der Waals surface area contributed by atoms with Crippen LogP contribution in [0.25, 0.3) is 11.3 Å². The molecule has 1 aromatic carbocycles. The van der Waals surface area contributed by atoms with E-state index in [1.54, 1.807) is 25.1 Å². The highest BCUT2D eigenvalue weighted by Gasteiger charge is 2.22. The van der Waals surface area contributed by atoms with Crippen molar-refractivity contribution < 1.29 is 9.32 Å². The summed E-state index contributed by atoms with van der Waals surface area (Å²) in [6.45, 7) is 3.56. The molecule has 0 radical (unpaired) electrons. The standard InChI is InChI=1S/C18H21Cl2N3O2/c1-12-13(11-16(24)21-23-9-4-2-3-5-10-23)18(22-25-12)17-14(19)7-6-8-15(17)20/h6-8H,2-5,9-11H2,1H3,(H,21,24). The van der Waals surface area contributed by atoms with Crippen molar-refractivity contribution in [2.45, 2.75) is 39.0 Å². The number of aryl methyl sites for hydroxylation is 1. The molecule has 1 amide bonds. The van der Waals surface area contributed by atoms with E-state index in [0.717, 1.165) is 25.9 Å². The van der Waals surface area contributed by atoms with Crippen molar-refractivity contribution in [1.29, 1.82) is 0 Å². The number of aromatic nitrogens is 1. The lowest BCUT2D eigenvalue weighted by molar-refractivity contribution is -0.125. The van der Waals surface area contributed by atoms with Crippen LogP contribution in [0.2, 0.25) is 10.0 Å². The molecule has 0 saturated carbocycles. The molecular weight excluding hydrogens is 361 g/mol. The molecule has 25 heavy (non-hydrogen) atoms. The van der Waals surface area contributed by atoms with Gasteiger partial charge in [0.1, 0.15) is 11.5 Å². The zero-order valence-electron chi connectivity index (χ0n) is 14.1. The maximum Gasteiger partial charge on any atom is 0.238 e. The van der Waals surface area contributed by atoms with Gasteiger partial charge in [0.05, 0.1) is 16.5 Å². The van der Waals surface area contributed by atoms with Gasteiger partial charge in [-0.1, -0.05) is 47.3 Å². The Balaban J connectivity index is 1.79. The Labute approximate surface area is 157 Å². The first kappa shape index (κ1) is 18.2. The second-order valence-corrected chi connectivity index (χ2v) is 7.09. The van der Waals surface area contributed by atoms with Gasteiger partial charge in [-0.05, 0) is 31.9 Å². The van der Waals surface area contributed by atoms with Gasteiger partial charge < -0.3 is 4.52 Å². The van der Waals surface area contributed by atoms with Crippen molar-refractivity contribution in [2.24, 2.45) is 0 Å². The maximum absolute atomic E-state index is 12.5. The van der Waals surface area contributed by atoms with E-state index in [4.69, 9.17) is 27.7 Å². The Morgan fingerprint density at radius 2 is 1.84 bits per heavy atom. The van der Waals surface area contributed by atoms with Gasteiger partial charge in [-0.2, -0.15) is 0 Å². The summed E-state index contributed by atoms with van der Waals surface area (Å²) in [6, 6.07) is 5.26. The van der Waals surface area contributed by atoms with E-state index in [0.29, 0.717) is 32.6 Å². The van der Waals surface area contributed by atoms with Crippen LogP contribution < -0.4 is 5.43 Å². The van der Waals surface area contributed by atoms with Crippen LogP contribution in [0.1, 0.15) is 37.0 Å². The Kier molecular flexibility index (Phi) is 5.99. The van der Waals surface area contributed by atoms with Gasteiger partial charge in [0.2, 0.25) is 5.91 Å². The van der Waals surface area contributed by atoms with E-state index >= 15 is 0 Å². The van der Waals surface area contributed by atoms with Crippen molar-refractivity contribution >= 4 is 29.1 Å². The number of hydrogen-bond donors (Lipinski definition) is 1. The molecule has 0 unspecified atom stereocenters. The number of hydrazine groups is 1. The fourth-order valence-electron chi connectivity index (χ4n) is 3.08. The van der Waals surface area contributed by atoms with Crippen LogP contribution >= 0.6 is 23.2 Å². The van der Waals surface area contributed by atoms with Gasteiger partial charge in [-0.3, -0.25) is 10.2 Å². The number of hydrogen-bond acceptors (Lipinski definition) is 4. The van der Waals surface area contributed by atoms with Crippen LogP contribution in [0.5, 0.6) is 0 Å². The van der Waals surface area contributed by atoms with E-state index < -0.39 is 0 Å². The molecule has 0 aliphatic carbocycles. The quantitative estimate of drug-likeness (QED) is 0.851. The molecule has 0 atom stereocenters. The summed E-state index contributed by atoms with van der Waals surface area (Å²) in [5.74, 6) is 0.509. The first-order chi connectivity index (χ1) is 12.1. The van der Waals surface area contributed by atoms with Gasteiger partial charge in [-0.15, -0.1) is 0 Å². The van der Waals surface area contributed by atoms with Gasteiger partial charge in [-0.25, -0.2) is 5.01 Å². The Hall–Kier alpha value is -1.56. The molecule has 3 rings (SSSR count). The molecule has 7 heteroatoms. The van der Waals surface area contributed by atoms with Crippen LogP contribution in [0.15, 0.2) is 22.7 Å². The van der Waals surface area contributed by atoms with Crippen LogP contribution in [0, 0.1) is 6.92 Å². The van der Waals surface area contributed by atoms with Crippen molar-refractivity contribution in [3.8, 4) is 11.3 Å². The first-order valence-electron chi connectivity index (χ1n) is 8.50. The van der Waals surface area contributed by atoms with Crippen molar-refractivity contribution in [3.05, 3.63) is 39.6 Å². The van der Waals surface area contributed by atoms with Crippen molar-refractivity contribution in [2.75, 3.05) is 13.1 Å². The summed E-state index contributed by atoms with van der Waals surface area (Å²) in [5, 5.41) is 7.05. The molecule has 1 saturated heterocycles. The van der Waals surface area contributed by atoms with Crippen molar-refractivity contribution in [3.63, 3.8) is 0 Å². The number of rotatable bonds is 4. The van der Waals surface area contributed by atoms with Crippen LogP contribution in [0.3, 0.4) is 0 Å². The van der Waals surface area contributed by atoms with Gasteiger partial charge >= 0.3 is 0 Å². The molecule has 1 N–H and O–H groups in total.